The van der Waals surface area contributed by atoms with Crippen molar-refractivity contribution >= 4 is 63.1 Å². The molecular weight excluding hydrogens is 1080 g/mol. The van der Waals surface area contributed by atoms with Gasteiger partial charge in [-0.15, -0.1) is 0 Å². The highest BCUT2D eigenvalue weighted by Gasteiger charge is 2.42. The number of rotatable bonds is 20. The molecule has 2 aliphatic carbocycles. The first kappa shape index (κ1) is 56.6. The lowest BCUT2D eigenvalue weighted by Crippen LogP contribution is -2.48. The summed E-state index contributed by atoms with van der Waals surface area (Å²) in [7, 11) is 1.82. The molecule has 0 spiro atoms. The van der Waals surface area contributed by atoms with Crippen LogP contribution in [0.2, 0.25) is 0 Å². The topological polar surface area (TPSA) is 212 Å². The molecule has 3 aliphatic heterocycles. The largest absolute Gasteiger partial charge is 0.486 e. The quantitative estimate of drug-likeness (QED) is 0.0318. The minimum Gasteiger partial charge on any atom is -0.486 e. The van der Waals surface area contributed by atoms with Gasteiger partial charge in [0.15, 0.2) is 17.2 Å². The summed E-state index contributed by atoms with van der Waals surface area (Å²) >= 11 is 1.29. The van der Waals surface area contributed by atoms with E-state index in [4.69, 9.17) is 35.3 Å². The molecule has 3 saturated heterocycles. The van der Waals surface area contributed by atoms with Crippen LogP contribution in [-0.4, -0.2) is 115 Å². The van der Waals surface area contributed by atoms with E-state index in [-0.39, 0.29) is 48.1 Å². The van der Waals surface area contributed by atoms with Gasteiger partial charge in [0.25, 0.3) is 0 Å². The number of hydrogen-bond acceptors (Lipinski definition) is 14. The van der Waals surface area contributed by atoms with Gasteiger partial charge in [-0.2, -0.15) is 20.2 Å². The molecule has 5 N–H and O–H groups in total. The van der Waals surface area contributed by atoms with Crippen LogP contribution in [0.5, 0.6) is 11.8 Å². The zero-order valence-electron chi connectivity index (χ0n) is 48.4. The van der Waals surface area contributed by atoms with E-state index < -0.39 is 17.9 Å². The highest BCUT2D eigenvalue weighted by molar-refractivity contribution is 8.13. The molecule has 0 radical (unpaired) electrons. The number of amides is 2. The number of likely N-dealkylation sites (tertiary alicyclic amines) is 1. The molecule has 6 heterocycles. The fourth-order valence-electron chi connectivity index (χ4n) is 13.0. The predicted molar refractivity (Wildman–Crippen MR) is 327 cm³/mol. The number of carbonyl (C=O) groups excluding carboxylic acids is 3. The smallest absolute Gasteiger partial charge is 0.319 e. The number of aliphatic imine (C=N–C) groups is 1. The molecule has 4 aromatic carbocycles. The number of ether oxygens (including phenoxy) is 2. The number of aryl methyl sites for hydroxylation is 1. The summed E-state index contributed by atoms with van der Waals surface area (Å²) < 4.78 is 32.8. The Balaban J connectivity index is 0.856. The number of nitrogens with zero attached hydrogens (tertiary/aromatic N) is 9. The number of anilines is 2. The Morgan fingerprint density at radius 1 is 0.952 bits per heavy atom. The van der Waals surface area contributed by atoms with Crippen LogP contribution in [0.3, 0.4) is 0 Å². The molecule has 18 nitrogen and oxygen atoms in total. The molecule has 4 atom stereocenters. The average molecular weight is 1160 g/mol. The molecule has 5 fully saturated rings. The second kappa shape index (κ2) is 24.4. The van der Waals surface area contributed by atoms with E-state index in [2.05, 4.69) is 38.9 Å². The van der Waals surface area contributed by atoms with Crippen LogP contribution in [0.15, 0.2) is 90.2 Å². The maximum absolute atomic E-state index is 15.3. The number of amidine groups is 1. The van der Waals surface area contributed by atoms with E-state index in [9.17, 15) is 14.4 Å². The Bertz CT molecular complexity index is 3630. The lowest BCUT2D eigenvalue weighted by Gasteiger charge is -2.31. The first-order valence-corrected chi connectivity index (χ1v) is 31.0. The Morgan fingerprint density at radius 2 is 1.75 bits per heavy atom. The standard InChI is InChI=1S/C64H74FN13O5S/c1-6-77-54(24-25-70-77)41-17-14-38(15-18-41)31-69-61(80)55-13-10-26-75(55)62(81)58(37(2)3)78-34-50(53(35-79)74-78)46-22-16-39(27-51(46)67-4)36-82-59-56(47-23-21-42(65)28-52(47)71-63(66)84-5)48(40-19-20-40)30-49-57(59)72-64(83-45-11-8-7-9-12-45)73-60(49)76-33-43-29-44(76)32-68-43/h14-18,21-25,27-28,30,34-35,37,40,43-45,55,58,67-68H,6-13,19-20,26,29,31-33,36H2,1-5H3,(H2,66,71)(H,69,80). The fourth-order valence-corrected chi connectivity index (χ4v) is 13.2. The number of nitrogens with one attached hydrogen (secondary N) is 3. The van der Waals surface area contributed by atoms with Crippen molar-refractivity contribution in [2.45, 2.75) is 141 Å². The molecular formula is C64H74FN13O5S. The number of aromatic nitrogens is 6. The number of hydrogen-bond donors (Lipinski definition) is 4. The van der Waals surface area contributed by atoms with Crippen molar-refractivity contribution in [3.8, 4) is 45.3 Å². The third-order valence-electron chi connectivity index (χ3n) is 17.4. The summed E-state index contributed by atoms with van der Waals surface area (Å²) in [4.78, 5) is 61.1. The third kappa shape index (κ3) is 11.5. The van der Waals surface area contributed by atoms with Crippen molar-refractivity contribution < 1.29 is 28.2 Å². The van der Waals surface area contributed by atoms with Gasteiger partial charge >= 0.3 is 6.01 Å². The summed E-state index contributed by atoms with van der Waals surface area (Å²) in [6, 6.07) is 22.3. The number of aldehydes is 1. The monoisotopic (exact) mass is 1160 g/mol. The summed E-state index contributed by atoms with van der Waals surface area (Å²) in [6.07, 6.45) is 15.5. The van der Waals surface area contributed by atoms with Crippen LogP contribution in [0.4, 0.5) is 21.6 Å². The number of fused-ring (bicyclic) bond motifs is 3. The van der Waals surface area contributed by atoms with Crippen molar-refractivity contribution in [1.82, 2.24) is 45.1 Å². The predicted octanol–water partition coefficient (Wildman–Crippen LogP) is 10.6. The molecule has 2 bridgehead atoms. The second-order valence-corrected chi connectivity index (χ2v) is 24.1. The lowest BCUT2D eigenvalue weighted by molar-refractivity contribution is -0.142. The van der Waals surface area contributed by atoms with Gasteiger partial charge in [0.1, 0.15) is 47.6 Å². The van der Waals surface area contributed by atoms with Crippen LogP contribution in [0.1, 0.15) is 124 Å². The number of benzene rings is 4. The summed E-state index contributed by atoms with van der Waals surface area (Å²) in [6.45, 7) is 9.23. The Hall–Kier alpha value is -7.84. The Morgan fingerprint density at radius 3 is 2.46 bits per heavy atom. The maximum Gasteiger partial charge on any atom is 0.319 e. The van der Waals surface area contributed by atoms with Crippen molar-refractivity contribution in [2.24, 2.45) is 16.6 Å². The minimum atomic E-state index is -0.796. The van der Waals surface area contributed by atoms with Gasteiger partial charge in [0.2, 0.25) is 11.8 Å². The van der Waals surface area contributed by atoms with Gasteiger partial charge in [-0.05, 0) is 135 Å². The molecule has 4 unspecified atom stereocenters. The molecule has 12 rings (SSSR count). The number of halogens is 1. The SMILES string of the molecule is CCn1nccc1-c1ccc(CNC(=O)C2CCCN2C(=O)C(C(C)C)n2cc(-c3ccc(COc4c(-c5ccc(F)cc5N=C(N)SC)c(C5CC5)cc5c(N6CC7CC6CN7)nc(OC6CCCCC6)nc45)cc3NC)c(C=O)n2)cc1. The molecule has 84 heavy (non-hydrogen) atoms. The van der Waals surface area contributed by atoms with Crippen molar-refractivity contribution in [3.05, 3.63) is 113 Å². The maximum atomic E-state index is 15.3. The number of carbonyl (C=O) groups is 3. The first-order chi connectivity index (χ1) is 40.9. The van der Waals surface area contributed by atoms with Gasteiger partial charge in [0.05, 0.1) is 11.4 Å². The third-order valence-corrected chi connectivity index (χ3v) is 17.9. The van der Waals surface area contributed by atoms with Crippen molar-refractivity contribution in [3.63, 3.8) is 0 Å². The number of piperazine rings is 1. The Labute approximate surface area is 493 Å². The molecule has 2 saturated carbocycles. The van der Waals surface area contributed by atoms with Crippen LogP contribution in [-0.2, 0) is 29.3 Å². The van der Waals surface area contributed by atoms with E-state index >= 15 is 4.39 Å². The van der Waals surface area contributed by atoms with Gasteiger partial charge in [-0.3, -0.25) is 23.7 Å². The van der Waals surface area contributed by atoms with E-state index in [0.29, 0.717) is 88.8 Å². The second-order valence-electron chi connectivity index (χ2n) is 23.3. The van der Waals surface area contributed by atoms with Crippen LogP contribution in [0.25, 0.3) is 44.4 Å². The molecule has 20 heteroatoms. The van der Waals surface area contributed by atoms with Gasteiger partial charge in [-0.1, -0.05) is 68.4 Å². The zero-order valence-corrected chi connectivity index (χ0v) is 49.3. The summed E-state index contributed by atoms with van der Waals surface area (Å²) in [5.41, 5.74) is 15.8. The molecule has 7 aromatic rings. The summed E-state index contributed by atoms with van der Waals surface area (Å²) in [5.74, 6) is 0.442. The van der Waals surface area contributed by atoms with Gasteiger partial charge in [-0.25, -0.2) is 9.38 Å². The number of thioether (sulfide) groups is 1. The Kier molecular flexibility index (Phi) is 16.4. The van der Waals surface area contributed by atoms with E-state index in [1.807, 2.05) is 80.4 Å². The van der Waals surface area contributed by atoms with Crippen molar-refractivity contribution in [2.75, 3.05) is 43.2 Å². The molecule has 2 amide bonds. The van der Waals surface area contributed by atoms with E-state index in [1.165, 1.54) is 30.3 Å². The molecule has 438 valence electrons. The molecule has 3 aromatic heterocycles. The minimum absolute atomic E-state index is 0.00912. The number of nitrogens with two attached hydrogens (primary N) is 1. The average Bonchev–Trinajstić information content (AvgIpc) is 1.61. The highest BCUT2D eigenvalue weighted by atomic mass is 32.2. The van der Waals surface area contributed by atoms with E-state index in [1.54, 1.807) is 28.0 Å². The normalized spacial score (nSPS) is 19.4. The fraction of sp³-hybridized carbons (Fsp3) is 0.438. The lowest BCUT2D eigenvalue weighted by atomic mass is 9.92. The van der Waals surface area contributed by atoms with Gasteiger partial charge in [0, 0.05) is 104 Å². The van der Waals surface area contributed by atoms with Gasteiger partial charge < -0.3 is 41.0 Å². The van der Waals surface area contributed by atoms with Crippen LogP contribution < -0.4 is 36.1 Å². The summed E-state index contributed by atoms with van der Waals surface area (Å²) in [5, 5.41) is 20.4. The van der Waals surface area contributed by atoms with Crippen molar-refractivity contribution in [1.29, 1.82) is 0 Å². The first-order valence-electron chi connectivity index (χ1n) is 29.8. The molecule has 5 aliphatic rings. The zero-order chi connectivity index (χ0) is 58.2. The van der Waals surface area contributed by atoms with Crippen LogP contribution >= 0.6 is 11.8 Å². The highest BCUT2D eigenvalue weighted by Crippen LogP contribution is 2.53. The van der Waals surface area contributed by atoms with E-state index in [0.717, 1.165) is 109 Å². The van der Waals surface area contributed by atoms with Crippen LogP contribution in [0, 0.1) is 11.7 Å².